The van der Waals surface area contributed by atoms with Crippen molar-refractivity contribution in [1.82, 2.24) is 4.98 Å². The van der Waals surface area contributed by atoms with Gasteiger partial charge in [0.25, 0.3) is 0 Å². The summed E-state index contributed by atoms with van der Waals surface area (Å²) in [6, 6.07) is 17.1. The molecular weight excluding hydrogens is 346 g/mol. The molecule has 1 aliphatic heterocycles. The van der Waals surface area contributed by atoms with Gasteiger partial charge in [0.05, 0.1) is 17.1 Å². The first kappa shape index (κ1) is 17.1. The van der Waals surface area contributed by atoms with Gasteiger partial charge in [-0.3, -0.25) is 0 Å². The highest BCUT2D eigenvalue weighted by atomic mass is 16.3. The van der Waals surface area contributed by atoms with Gasteiger partial charge in [0, 0.05) is 23.0 Å². The van der Waals surface area contributed by atoms with Crippen LogP contribution in [0.3, 0.4) is 0 Å². The van der Waals surface area contributed by atoms with Crippen LogP contribution in [0.15, 0.2) is 52.9 Å². The second-order valence-corrected chi connectivity index (χ2v) is 8.08. The molecule has 4 heteroatoms. The van der Waals surface area contributed by atoms with Crippen molar-refractivity contribution < 1.29 is 4.42 Å². The molecule has 1 aliphatic rings. The quantitative estimate of drug-likeness (QED) is 0.413. The molecule has 4 aromatic rings. The van der Waals surface area contributed by atoms with Crippen LogP contribution >= 0.6 is 0 Å². The van der Waals surface area contributed by atoms with Gasteiger partial charge >= 0.3 is 0 Å². The molecule has 0 amide bonds. The molecular formula is C24H25N3O. The third kappa shape index (κ3) is 2.15. The topological polar surface area (TPSA) is 32.5 Å². The number of nitrogens with zero attached hydrogens (tertiary/aromatic N) is 3. The van der Waals surface area contributed by atoms with E-state index >= 15 is 0 Å². The Bertz CT molecular complexity index is 1220. The number of hydrogen-bond acceptors (Lipinski definition) is 4. The van der Waals surface area contributed by atoms with E-state index in [1.54, 1.807) is 0 Å². The molecule has 28 heavy (non-hydrogen) atoms. The zero-order valence-electron chi connectivity index (χ0n) is 17.1. The largest absolute Gasteiger partial charge is 0.435 e. The minimum atomic E-state index is -0.209. The molecule has 142 valence electrons. The van der Waals surface area contributed by atoms with Crippen molar-refractivity contribution in [2.24, 2.45) is 0 Å². The minimum Gasteiger partial charge on any atom is -0.435 e. The summed E-state index contributed by atoms with van der Waals surface area (Å²) >= 11 is 0. The Morgan fingerprint density at radius 2 is 1.64 bits per heavy atom. The molecule has 0 radical (unpaired) electrons. The van der Waals surface area contributed by atoms with E-state index in [1.807, 2.05) is 13.0 Å². The van der Waals surface area contributed by atoms with E-state index < -0.39 is 0 Å². The lowest BCUT2D eigenvalue weighted by Gasteiger charge is -2.40. The SMILES string of the molecule is CCN1c2ccccc2N(c2c(C)ccc3c2oc2nc(C)ccc23)C1(C)C. The van der Waals surface area contributed by atoms with Gasteiger partial charge in [-0.1, -0.05) is 24.3 Å². The first-order valence-electron chi connectivity index (χ1n) is 9.90. The standard InChI is InChI=1S/C24H25N3O/c1-6-26-19-9-7-8-10-20(19)27(24(26,4)5)21-15(2)11-13-17-18-14-12-16(3)25-23(18)28-22(17)21/h7-14H,6H2,1-5H3. The Hall–Kier alpha value is -3.01. The van der Waals surface area contributed by atoms with E-state index in [-0.39, 0.29) is 5.66 Å². The Morgan fingerprint density at radius 3 is 2.39 bits per heavy atom. The Labute approximate surface area is 165 Å². The van der Waals surface area contributed by atoms with Crippen LogP contribution in [0.5, 0.6) is 0 Å². The van der Waals surface area contributed by atoms with E-state index in [0.29, 0.717) is 5.71 Å². The van der Waals surface area contributed by atoms with Crippen LogP contribution in [0.4, 0.5) is 17.1 Å². The molecule has 2 aromatic heterocycles. The monoisotopic (exact) mass is 371 g/mol. The molecule has 0 saturated heterocycles. The smallest absolute Gasteiger partial charge is 0.227 e. The predicted molar refractivity (Wildman–Crippen MR) is 117 cm³/mol. The number of anilines is 3. The van der Waals surface area contributed by atoms with Crippen LogP contribution in [0.2, 0.25) is 0 Å². The van der Waals surface area contributed by atoms with Crippen molar-refractivity contribution in [2.45, 2.75) is 40.3 Å². The summed E-state index contributed by atoms with van der Waals surface area (Å²) in [6.45, 7) is 11.9. The molecule has 2 aromatic carbocycles. The summed E-state index contributed by atoms with van der Waals surface area (Å²) in [4.78, 5) is 9.51. The van der Waals surface area contributed by atoms with Gasteiger partial charge in [-0.2, -0.15) is 0 Å². The molecule has 0 atom stereocenters. The first-order chi connectivity index (χ1) is 13.4. The molecule has 0 N–H and O–H groups in total. The number of rotatable bonds is 2. The van der Waals surface area contributed by atoms with Crippen LogP contribution in [0.1, 0.15) is 32.0 Å². The van der Waals surface area contributed by atoms with Crippen LogP contribution in [0, 0.1) is 13.8 Å². The van der Waals surface area contributed by atoms with Crippen molar-refractivity contribution in [1.29, 1.82) is 0 Å². The maximum absolute atomic E-state index is 6.36. The Balaban J connectivity index is 1.86. The van der Waals surface area contributed by atoms with Crippen molar-refractivity contribution in [3.63, 3.8) is 0 Å². The second-order valence-electron chi connectivity index (χ2n) is 8.08. The summed E-state index contributed by atoms with van der Waals surface area (Å²) in [5, 5.41) is 2.19. The normalized spacial score (nSPS) is 15.6. The van der Waals surface area contributed by atoms with E-state index in [1.165, 1.54) is 16.9 Å². The fraction of sp³-hybridized carbons (Fsp3) is 0.292. The van der Waals surface area contributed by atoms with Gasteiger partial charge < -0.3 is 14.2 Å². The van der Waals surface area contributed by atoms with Crippen LogP contribution in [0.25, 0.3) is 22.1 Å². The molecule has 0 saturated carbocycles. The number of hydrogen-bond donors (Lipinski definition) is 0. The average molecular weight is 371 g/mol. The molecule has 3 heterocycles. The van der Waals surface area contributed by atoms with Crippen LogP contribution < -0.4 is 9.80 Å². The van der Waals surface area contributed by atoms with Crippen LogP contribution in [-0.2, 0) is 0 Å². The summed E-state index contributed by atoms with van der Waals surface area (Å²) in [7, 11) is 0. The lowest BCUT2D eigenvalue weighted by molar-refractivity contribution is 0.498. The van der Waals surface area contributed by atoms with Crippen molar-refractivity contribution in [3.05, 3.63) is 59.8 Å². The maximum Gasteiger partial charge on any atom is 0.227 e. The van der Waals surface area contributed by atoms with Crippen molar-refractivity contribution in [3.8, 4) is 0 Å². The maximum atomic E-state index is 6.36. The van der Waals surface area contributed by atoms with E-state index in [9.17, 15) is 0 Å². The number of furan rings is 1. The van der Waals surface area contributed by atoms with Gasteiger partial charge in [-0.25, -0.2) is 4.98 Å². The second kappa shape index (κ2) is 5.74. The molecule has 0 bridgehead atoms. The van der Waals surface area contributed by atoms with Gasteiger partial charge in [0.2, 0.25) is 5.71 Å². The fourth-order valence-electron chi connectivity index (χ4n) is 4.72. The average Bonchev–Trinajstić information content (AvgIpc) is 3.12. The van der Waals surface area contributed by atoms with E-state index in [0.717, 1.165) is 34.3 Å². The third-order valence-electron chi connectivity index (χ3n) is 5.98. The molecule has 0 unspecified atom stereocenters. The lowest BCUT2D eigenvalue weighted by atomic mass is 10.0. The van der Waals surface area contributed by atoms with E-state index in [2.05, 4.69) is 84.9 Å². The highest BCUT2D eigenvalue weighted by molar-refractivity contribution is 6.10. The minimum absolute atomic E-state index is 0.209. The Morgan fingerprint density at radius 1 is 0.929 bits per heavy atom. The van der Waals surface area contributed by atoms with Gasteiger partial charge in [-0.05, 0) is 64.4 Å². The highest BCUT2D eigenvalue weighted by Gasteiger charge is 2.43. The molecule has 4 nitrogen and oxygen atoms in total. The molecule has 5 rings (SSSR count). The summed E-state index contributed by atoms with van der Waals surface area (Å²) in [5.74, 6) is 0. The summed E-state index contributed by atoms with van der Waals surface area (Å²) in [6.07, 6.45) is 0. The van der Waals surface area contributed by atoms with Gasteiger partial charge in [0.1, 0.15) is 5.66 Å². The number of para-hydroxylation sites is 2. The van der Waals surface area contributed by atoms with Crippen LogP contribution in [-0.4, -0.2) is 17.2 Å². The summed E-state index contributed by atoms with van der Waals surface area (Å²) in [5.41, 5.74) is 7.18. The van der Waals surface area contributed by atoms with Crippen molar-refractivity contribution in [2.75, 3.05) is 16.3 Å². The number of aromatic nitrogens is 1. The van der Waals surface area contributed by atoms with Gasteiger partial charge in [-0.15, -0.1) is 0 Å². The molecule has 0 spiro atoms. The van der Waals surface area contributed by atoms with Crippen molar-refractivity contribution >= 4 is 39.1 Å². The lowest BCUT2D eigenvalue weighted by Crippen LogP contribution is -2.50. The first-order valence-corrected chi connectivity index (χ1v) is 9.90. The number of benzene rings is 2. The summed E-state index contributed by atoms with van der Waals surface area (Å²) < 4.78 is 6.36. The number of pyridine rings is 1. The number of fused-ring (bicyclic) bond motifs is 4. The number of aryl methyl sites for hydroxylation is 2. The fourth-order valence-corrected chi connectivity index (χ4v) is 4.72. The molecule has 0 aliphatic carbocycles. The zero-order valence-corrected chi connectivity index (χ0v) is 17.1. The molecule has 0 fully saturated rings. The zero-order chi connectivity index (χ0) is 19.6. The third-order valence-corrected chi connectivity index (χ3v) is 5.98. The van der Waals surface area contributed by atoms with Gasteiger partial charge in [0.15, 0.2) is 5.58 Å². The van der Waals surface area contributed by atoms with E-state index in [4.69, 9.17) is 4.42 Å². The Kier molecular flexibility index (Phi) is 3.51. The highest BCUT2D eigenvalue weighted by Crippen LogP contribution is 2.52. The predicted octanol–water partition coefficient (Wildman–Crippen LogP) is 6.31.